The van der Waals surface area contributed by atoms with E-state index < -0.39 is 10.0 Å². The summed E-state index contributed by atoms with van der Waals surface area (Å²) in [5, 5.41) is 7.57. The van der Waals surface area contributed by atoms with Crippen molar-refractivity contribution in [2.24, 2.45) is 17.9 Å². The Morgan fingerprint density at radius 2 is 1.92 bits per heavy atom. The quantitative estimate of drug-likeness (QED) is 0.417. The van der Waals surface area contributed by atoms with Gasteiger partial charge in [0.05, 0.1) is 5.52 Å². The predicted octanol–water partition coefficient (Wildman–Crippen LogP) is 3.96. The molecule has 1 N–H and O–H groups in total. The van der Waals surface area contributed by atoms with Gasteiger partial charge in [-0.1, -0.05) is 40.7 Å². The number of fused-ring (bicyclic) bond motifs is 2. The first-order valence-electron chi connectivity index (χ1n) is 12.6. The number of aryl methyl sites for hydroxylation is 1. The van der Waals surface area contributed by atoms with Crippen LogP contribution in [0.4, 0.5) is 0 Å². The molecular weight excluding hydrogens is 492 g/mol. The molecule has 10 nitrogen and oxygen atoms in total. The summed E-state index contributed by atoms with van der Waals surface area (Å²) in [6.45, 7) is 11.1. The van der Waals surface area contributed by atoms with E-state index >= 15 is 0 Å². The molecule has 1 aliphatic rings. The Kier molecular flexibility index (Phi) is 6.06. The lowest BCUT2D eigenvalue weighted by molar-refractivity contribution is 0.170. The molecule has 198 valence electrons. The monoisotopic (exact) mass is 526 g/mol. The normalized spacial score (nSPS) is 20.6. The largest absolute Gasteiger partial charge is 0.330 e. The fourth-order valence-electron chi connectivity index (χ4n) is 5.31. The number of benzene rings is 1. The van der Waals surface area contributed by atoms with Crippen LogP contribution in [-0.4, -0.2) is 38.9 Å². The summed E-state index contributed by atoms with van der Waals surface area (Å²) in [7, 11) is -2.12. The van der Waals surface area contributed by atoms with Crippen LogP contribution in [0.3, 0.4) is 0 Å². The average molecular weight is 527 g/mol. The number of sulfonamides is 1. The number of hydrogen-bond acceptors (Lipinski definition) is 7. The second-order valence-corrected chi connectivity index (χ2v) is 13.8. The highest BCUT2D eigenvalue weighted by Crippen LogP contribution is 2.43. The topological polar surface area (TPSA) is 125 Å². The van der Waals surface area contributed by atoms with E-state index in [0.29, 0.717) is 24.1 Å². The van der Waals surface area contributed by atoms with Crippen LogP contribution < -0.4 is 10.4 Å². The number of aromatic nitrogens is 5. The van der Waals surface area contributed by atoms with E-state index in [1.54, 1.807) is 28.3 Å². The number of pyridine rings is 1. The number of imidazole rings is 1. The van der Waals surface area contributed by atoms with Gasteiger partial charge >= 0.3 is 5.69 Å². The Labute approximate surface area is 216 Å². The third-order valence-corrected chi connectivity index (χ3v) is 8.99. The Hall–Kier alpha value is -3.05. The molecule has 3 aromatic heterocycles. The second kappa shape index (κ2) is 8.76. The van der Waals surface area contributed by atoms with Crippen molar-refractivity contribution in [3.05, 3.63) is 46.5 Å². The Balaban J connectivity index is 1.45. The van der Waals surface area contributed by atoms with Crippen molar-refractivity contribution in [3.63, 3.8) is 0 Å². The van der Waals surface area contributed by atoms with Crippen molar-refractivity contribution in [2.75, 3.05) is 0 Å². The molecule has 0 amide bonds. The van der Waals surface area contributed by atoms with E-state index in [9.17, 15) is 13.2 Å². The van der Waals surface area contributed by atoms with Gasteiger partial charge in [-0.15, -0.1) is 0 Å². The van der Waals surface area contributed by atoms with Crippen LogP contribution in [-0.2, 0) is 23.6 Å². The lowest BCUT2D eigenvalue weighted by atomic mass is 9.69. The van der Waals surface area contributed by atoms with Crippen molar-refractivity contribution in [3.8, 4) is 0 Å². The molecule has 0 spiro atoms. The summed E-state index contributed by atoms with van der Waals surface area (Å²) < 4.78 is 38.0. The van der Waals surface area contributed by atoms with Crippen LogP contribution in [0, 0.1) is 10.8 Å². The summed E-state index contributed by atoms with van der Waals surface area (Å²) in [6, 6.07) is 8.44. The maximum absolute atomic E-state index is 13.4. The highest BCUT2D eigenvalue weighted by molar-refractivity contribution is 7.89. The molecule has 0 aliphatic heterocycles. The molecule has 0 saturated heterocycles. The van der Waals surface area contributed by atoms with Gasteiger partial charge in [-0.25, -0.2) is 27.5 Å². The van der Waals surface area contributed by atoms with Gasteiger partial charge in [-0.05, 0) is 64.7 Å². The number of nitrogens with zero attached hydrogens (tertiary/aromatic N) is 5. The minimum absolute atomic E-state index is 0.0516. The molecule has 1 aromatic carbocycles. The summed E-state index contributed by atoms with van der Waals surface area (Å²) in [5.74, 6) is 0.0516. The van der Waals surface area contributed by atoms with E-state index in [1.165, 1.54) is 6.07 Å². The van der Waals surface area contributed by atoms with E-state index in [-0.39, 0.29) is 38.9 Å². The zero-order valence-corrected chi connectivity index (χ0v) is 23.0. The standard InChI is InChI=1S/C26H34N6O4S/c1-25(2,3)15-32-19-11-10-17(27-23(19)31(6)24(32)33)16-12-13-26(4,5)21(14-16)30-37(34,35)20-9-7-8-18-22(20)29-36-28-18/h7-11,16,21,30H,12-15H2,1-6H3. The van der Waals surface area contributed by atoms with Gasteiger partial charge in [0.2, 0.25) is 10.0 Å². The molecule has 5 rings (SSSR count). The fraction of sp³-hybridized carbons (Fsp3) is 0.538. The SMILES string of the molecule is Cn1c(=O)n(CC(C)(C)C)c2ccc(C3CCC(C)(C)C(NS(=O)(=O)c4cccc5nonc45)C3)nc21. The van der Waals surface area contributed by atoms with Crippen molar-refractivity contribution < 1.29 is 13.0 Å². The highest BCUT2D eigenvalue weighted by atomic mass is 32.2. The summed E-state index contributed by atoms with van der Waals surface area (Å²) in [5.41, 5.74) is 2.56. The predicted molar refractivity (Wildman–Crippen MR) is 141 cm³/mol. The van der Waals surface area contributed by atoms with E-state index in [0.717, 1.165) is 24.1 Å². The molecular formula is C26H34N6O4S. The van der Waals surface area contributed by atoms with E-state index in [2.05, 4.69) is 49.7 Å². The van der Waals surface area contributed by atoms with Crippen LogP contribution in [0.25, 0.3) is 22.2 Å². The molecule has 4 aromatic rings. The van der Waals surface area contributed by atoms with Gasteiger partial charge in [-0.2, -0.15) is 0 Å². The molecule has 1 fully saturated rings. The molecule has 1 saturated carbocycles. The zero-order valence-electron chi connectivity index (χ0n) is 22.1. The minimum Gasteiger partial charge on any atom is -0.290 e. The van der Waals surface area contributed by atoms with Gasteiger partial charge in [0.25, 0.3) is 0 Å². The van der Waals surface area contributed by atoms with Crippen LogP contribution in [0.1, 0.15) is 65.5 Å². The summed E-state index contributed by atoms with van der Waals surface area (Å²) in [6.07, 6.45) is 2.29. The first-order chi connectivity index (χ1) is 17.3. The maximum Gasteiger partial charge on any atom is 0.330 e. The van der Waals surface area contributed by atoms with Crippen LogP contribution in [0.15, 0.2) is 44.7 Å². The van der Waals surface area contributed by atoms with Crippen molar-refractivity contribution in [1.29, 1.82) is 0 Å². The maximum atomic E-state index is 13.4. The highest BCUT2D eigenvalue weighted by Gasteiger charge is 2.40. The van der Waals surface area contributed by atoms with Gasteiger partial charge in [0, 0.05) is 31.2 Å². The first-order valence-corrected chi connectivity index (χ1v) is 14.0. The molecule has 1 aliphatic carbocycles. The first kappa shape index (κ1) is 25.6. The average Bonchev–Trinajstić information content (AvgIpc) is 3.38. The lowest BCUT2D eigenvalue weighted by Gasteiger charge is -2.42. The van der Waals surface area contributed by atoms with Crippen LogP contribution >= 0.6 is 0 Å². The molecule has 37 heavy (non-hydrogen) atoms. The zero-order chi connectivity index (χ0) is 26.8. The fourth-order valence-corrected chi connectivity index (χ4v) is 6.88. The van der Waals surface area contributed by atoms with Crippen LogP contribution in [0.2, 0.25) is 0 Å². The Bertz CT molecular complexity index is 1640. The summed E-state index contributed by atoms with van der Waals surface area (Å²) in [4.78, 5) is 17.9. The van der Waals surface area contributed by atoms with Gasteiger partial charge in [0.1, 0.15) is 10.4 Å². The Morgan fingerprint density at radius 1 is 1.16 bits per heavy atom. The van der Waals surface area contributed by atoms with Crippen molar-refractivity contribution in [1.82, 2.24) is 29.2 Å². The van der Waals surface area contributed by atoms with Crippen LogP contribution in [0.5, 0.6) is 0 Å². The minimum atomic E-state index is -3.88. The number of rotatable bonds is 5. The third-order valence-electron chi connectivity index (χ3n) is 7.49. The number of hydrogen-bond donors (Lipinski definition) is 1. The number of nitrogens with one attached hydrogen (secondary N) is 1. The summed E-state index contributed by atoms with van der Waals surface area (Å²) >= 11 is 0. The smallest absolute Gasteiger partial charge is 0.290 e. The molecule has 0 bridgehead atoms. The van der Waals surface area contributed by atoms with Crippen molar-refractivity contribution >= 4 is 32.2 Å². The van der Waals surface area contributed by atoms with Crippen molar-refractivity contribution in [2.45, 2.75) is 77.3 Å². The molecule has 11 heteroatoms. The molecule has 0 radical (unpaired) electrons. The van der Waals surface area contributed by atoms with Gasteiger partial charge in [0.15, 0.2) is 11.2 Å². The second-order valence-electron chi connectivity index (χ2n) is 12.1. The van der Waals surface area contributed by atoms with E-state index in [4.69, 9.17) is 9.61 Å². The van der Waals surface area contributed by atoms with Gasteiger partial charge in [-0.3, -0.25) is 9.13 Å². The molecule has 2 unspecified atom stereocenters. The Morgan fingerprint density at radius 3 is 2.65 bits per heavy atom. The molecule has 3 heterocycles. The van der Waals surface area contributed by atoms with Gasteiger partial charge < -0.3 is 0 Å². The molecule has 2 atom stereocenters. The lowest BCUT2D eigenvalue weighted by Crippen LogP contribution is -2.48. The van der Waals surface area contributed by atoms with E-state index in [1.807, 2.05) is 12.1 Å². The third kappa shape index (κ3) is 4.70.